The smallest absolute Gasteiger partial charge is 0.251 e. The van der Waals surface area contributed by atoms with Crippen LogP contribution < -0.4 is 5.32 Å². The maximum Gasteiger partial charge on any atom is 0.251 e. The molecule has 0 aliphatic heterocycles. The van der Waals surface area contributed by atoms with Gasteiger partial charge in [0.05, 0.1) is 0 Å². The van der Waals surface area contributed by atoms with Crippen LogP contribution in [0.3, 0.4) is 0 Å². The van der Waals surface area contributed by atoms with Crippen LogP contribution in [0.1, 0.15) is 54.7 Å². The predicted molar refractivity (Wildman–Crippen MR) is 110 cm³/mol. The second-order valence-electron chi connectivity index (χ2n) is 8.01. The van der Waals surface area contributed by atoms with Gasteiger partial charge in [0, 0.05) is 32.1 Å². The summed E-state index contributed by atoms with van der Waals surface area (Å²) >= 11 is 0. The lowest BCUT2D eigenvalue weighted by molar-refractivity contribution is -0.129. The molecule has 4 nitrogen and oxygen atoms in total. The number of hydrogen-bond acceptors (Lipinski definition) is 2. The number of nitrogens with one attached hydrogen (secondary N) is 1. The minimum absolute atomic E-state index is 0.000598. The first-order valence-electron chi connectivity index (χ1n) is 9.36. The first kappa shape index (κ1) is 20.7. The Labute approximate surface area is 162 Å². The van der Waals surface area contributed by atoms with Crippen LogP contribution in [0.4, 0.5) is 0 Å². The van der Waals surface area contributed by atoms with Gasteiger partial charge in [0.1, 0.15) is 0 Å². The quantitative estimate of drug-likeness (QED) is 0.838. The lowest BCUT2D eigenvalue weighted by Gasteiger charge is -2.22. The number of benzene rings is 2. The molecule has 2 rings (SSSR count). The molecule has 0 fully saturated rings. The second-order valence-corrected chi connectivity index (χ2v) is 8.01. The molecular formula is C23H30N2O2. The molecule has 0 spiro atoms. The molecule has 0 radical (unpaired) electrons. The minimum Gasteiger partial charge on any atom is -0.350 e. The van der Waals surface area contributed by atoms with Gasteiger partial charge in [-0.05, 0) is 35.6 Å². The van der Waals surface area contributed by atoms with E-state index in [0.717, 1.165) is 5.56 Å². The summed E-state index contributed by atoms with van der Waals surface area (Å²) < 4.78 is 0. The summed E-state index contributed by atoms with van der Waals surface area (Å²) in [6, 6.07) is 15.8. The molecule has 0 atom stereocenters. The number of carbonyl (C=O) groups excluding carboxylic acids is 2. The van der Waals surface area contributed by atoms with Crippen molar-refractivity contribution < 1.29 is 9.59 Å². The first-order chi connectivity index (χ1) is 12.7. The van der Waals surface area contributed by atoms with Crippen LogP contribution in [0, 0.1) is 6.92 Å². The maximum atomic E-state index is 12.3. The van der Waals surface area contributed by atoms with E-state index < -0.39 is 0 Å². The van der Waals surface area contributed by atoms with Gasteiger partial charge in [0.25, 0.3) is 5.91 Å². The molecule has 144 valence electrons. The highest BCUT2D eigenvalue weighted by Gasteiger charge is 2.15. The summed E-state index contributed by atoms with van der Waals surface area (Å²) in [7, 11) is 0. The average Bonchev–Trinajstić information content (AvgIpc) is 2.61. The highest BCUT2D eigenvalue weighted by Crippen LogP contribution is 2.22. The van der Waals surface area contributed by atoms with E-state index in [1.54, 1.807) is 11.8 Å². The molecule has 2 aromatic rings. The fourth-order valence-electron chi connectivity index (χ4n) is 2.79. The number of nitrogens with zero attached hydrogens (tertiary/aromatic N) is 1. The van der Waals surface area contributed by atoms with Gasteiger partial charge in [-0.15, -0.1) is 0 Å². The van der Waals surface area contributed by atoms with E-state index in [9.17, 15) is 9.59 Å². The second kappa shape index (κ2) is 8.85. The predicted octanol–water partition coefficient (Wildman–Crippen LogP) is 4.07. The Kier molecular flexibility index (Phi) is 6.78. The van der Waals surface area contributed by atoms with E-state index in [0.29, 0.717) is 25.2 Å². The highest BCUT2D eigenvalue weighted by atomic mass is 16.2. The van der Waals surface area contributed by atoms with Crippen molar-refractivity contribution in [2.75, 3.05) is 13.1 Å². The minimum atomic E-state index is -0.116. The van der Waals surface area contributed by atoms with Gasteiger partial charge >= 0.3 is 0 Å². The first-order valence-corrected chi connectivity index (χ1v) is 9.36. The molecule has 0 aliphatic rings. The van der Waals surface area contributed by atoms with Crippen LogP contribution >= 0.6 is 0 Å². The van der Waals surface area contributed by atoms with E-state index in [1.165, 1.54) is 11.1 Å². The third kappa shape index (κ3) is 6.24. The van der Waals surface area contributed by atoms with Crippen molar-refractivity contribution in [2.24, 2.45) is 0 Å². The van der Waals surface area contributed by atoms with Crippen molar-refractivity contribution in [3.05, 3.63) is 70.8 Å². The van der Waals surface area contributed by atoms with Gasteiger partial charge in [0.2, 0.25) is 5.91 Å². The zero-order valence-electron chi connectivity index (χ0n) is 17.0. The number of amides is 2. The third-order valence-corrected chi connectivity index (χ3v) is 4.62. The number of carbonyl (C=O) groups is 2. The summed E-state index contributed by atoms with van der Waals surface area (Å²) in [5, 5.41) is 2.90. The van der Waals surface area contributed by atoms with E-state index in [-0.39, 0.29) is 17.2 Å². The van der Waals surface area contributed by atoms with Crippen molar-refractivity contribution in [1.82, 2.24) is 10.2 Å². The van der Waals surface area contributed by atoms with E-state index >= 15 is 0 Å². The normalized spacial score (nSPS) is 11.1. The van der Waals surface area contributed by atoms with E-state index in [1.807, 2.05) is 55.5 Å². The molecule has 0 saturated carbocycles. The highest BCUT2D eigenvalue weighted by molar-refractivity contribution is 5.94. The van der Waals surface area contributed by atoms with Crippen molar-refractivity contribution >= 4 is 11.8 Å². The number of rotatable bonds is 6. The Hall–Kier alpha value is -2.62. The SMILES string of the molecule is CC(=O)N(CCNC(=O)c1ccc(C(C)(C)C)cc1)Cc1ccc(C)cc1. The van der Waals surface area contributed by atoms with Crippen molar-refractivity contribution in [3.63, 3.8) is 0 Å². The fourth-order valence-corrected chi connectivity index (χ4v) is 2.79. The molecule has 0 bridgehead atoms. The molecule has 2 amide bonds. The van der Waals surface area contributed by atoms with Gasteiger partial charge < -0.3 is 10.2 Å². The van der Waals surface area contributed by atoms with Crippen LogP contribution in [0.15, 0.2) is 48.5 Å². The lowest BCUT2D eigenvalue weighted by atomic mass is 9.87. The molecule has 0 heterocycles. The third-order valence-electron chi connectivity index (χ3n) is 4.62. The molecule has 0 unspecified atom stereocenters. The largest absolute Gasteiger partial charge is 0.350 e. The molecule has 2 aromatic carbocycles. The number of aryl methyl sites for hydroxylation is 1. The Balaban J connectivity index is 1.89. The van der Waals surface area contributed by atoms with Gasteiger partial charge in [-0.2, -0.15) is 0 Å². The monoisotopic (exact) mass is 366 g/mol. The summed E-state index contributed by atoms with van der Waals surface area (Å²) in [5.41, 5.74) is 4.17. The molecule has 4 heteroatoms. The summed E-state index contributed by atoms with van der Waals surface area (Å²) in [6.07, 6.45) is 0. The van der Waals surface area contributed by atoms with Crippen molar-refractivity contribution in [2.45, 2.75) is 46.6 Å². The molecule has 0 aliphatic carbocycles. The van der Waals surface area contributed by atoms with Crippen molar-refractivity contribution in [1.29, 1.82) is 0 Å². The zero-order chi connectivity index (χ0) is 20.0. The van der Waals surface area contributed by atoms with E-state index in [2.05, 4.69) is 26.1 Å². The van der Waals surface area contributed by atoms with Crippen molar-refractivity contribution in [3.8, 4) is 0 Å². The van der Waals surface area contributed by atoms with Gasteiger partial charge in [-0.25, -0.2) is 0 Å². The Bertz CT molecular complexity index is 772. The van der Waals surface area contributed by atoms with Crippen LogP contribution in [0.5, 0.6) is 0 Å². The lowest BCUT2D eigenvalue weighted by Crippen LogP contribution is -2.37. The molecule has 27 heavy (non-hydrogen) atoms. The molecule has 1 N–H and O–H groups in total. The summed E-state index contributed by atoms with van der Waals surface area (Å²) in [6.45, 7) is 11.5. The molecular weight excluding hydrogens is 336 g/mol. The summed E-state index contributed by atoms with van der Waals surface area (Å²) in [5.74, 6) is -0.117. The van der Waals surface area contributed by atoms with Gasteiger partial charge in [-0.3, -0.25) is 9.59 Å². The standard InChI is InChI=1S/C23H30N2O2/c1-17-6-8-19(9-7-17)16-25(18(2)26)15-14-24-22(27)20-10-12-21(13-11-20)23(3,4)5/h6-13H,14-16H2,1-5H3,(H,24,27). The van der Waals surface area contributed by atoms with Crippen LogP contribution in [-0.2, 0) is 16.8 Å². The Morgan fingerprint density at radius 2 is 1.56 bits per heavy atom. The molecule has 0 saturated heterocycles. The van der Waals surface area contributed by atoms with Crippen LogP contribution in [-0.4, -0.2) is 29.8 Å². The average molecular weight is 367 g/mol. The molecule has 0 aromatic heterocycles. The van der Waals surface area contributed by atoms with Crippen LogP contribution in [0.25, 0.3) is 0 Å². The Morgan fingerprint density at radius 1 is 0.963 bits per heavy atom. The van der Waals surface area contributed by atoms with Gasteiger partial charge in [0.15, 0.2) is 0 Å². The number of hydrogen-bond donors (Lipinski definition) is 1. The fraction of sp³-hybridized carbons (Fsp3) is 0.391. The van der Waals surface area contributed by atoms with Crippen LogP contribution in [0.2, 0.25) is 0 Å². The maximum absolute atomic E-state index is 12.3. The zero-order valence-corrected chi connectivity index (χ0v) is 17.0. The topological polar surface area (TPSA) is 49.4 Å². The van der Waals surface area contributed by atoms with E-state index in [4.69, 9.17) is 0 Å². The summed E-state index contributed by atoms with van der Waals surface area (Å²) in [4.78, 5) is 26.0. The Morgan fingerprint density at radius 3 is 2.07 bits per heavy atom. The van der Waals surface area contributed by atoms with Gasteiger partial charge in [-0.1, -0.05) is 62.7 Å².